The summed E-state index contributed by atoms with van der Waals surface area (Å²) in [7, 11) is 1.98. The number of hydrogen-bond donors (Lipinski definition) is 1. The Balaban J connectivity index is 2.67. The highest BCUT2D eigenvalue weighted by Gasteiger charge is 2.10. The molecule has 2 rings (SSSR count). The molecule has 1 N–H and O–H groups in total. The van der Waals surface area contributed by atoms with Gasteiger partial charge in [0.1, 0.15) is 0 Å². The van der Waals surface area contributed by atoms with Crippen molar-refractivity contribution in [2.45, 2.75) is 26.4 Å². The van der Waals surface area contributed by atoms with Crippen molar-refractivity contribution in [1.29, 1.82) is 0 Å². The molecule has 3 heteroatoms. The van der Waals surface area contributed by atoms with Gasteiger partial charge in [-0.15, -0.1) is 0 Å². The van der Waals surface area contributed by atoms with Gasteiger partial charge in [0.2, 0.25) is 0 Å². The van der Waals surface area contributed by atoms with Crippen molar-refractivity contribution < 1.29 is 0 Å². The van der Waals surface area contributed by atoms with Gasteiger partial charge in [0, 0.05) is 28.3 Å². The first kappa shape index (κ1) is 11.7. The maximum absolute atomic E-state index is 3.53. The molecule has 0 radical (unpaired) electrons. The molecule has 0 atom stereocenters. The third kappa shape index (κ3) is 2.02. The first-order chi connectivity index (χ1) is 7.63. The number of nitrogens with one attached hydrogen (secondary N) is 1. The third-order valence-corrected chi connectivity index (χ3v) is 3.25. The molecule has 0 aliphatic rings. The first-order valence-corrected chi connectivity index (χ1v) is 6.36. The number of nitrogens with zero attached hydrogens (tertiary/aromatic N) is 1. The van der Waals surface area contributed by atoms with Crippen molar-refractivity contribution in [2.24, 2.45) is 0 Å². The Labute approximate surface area is 105 Å². The molecule has 0 bridgehead atoms. The van der Waals surface area contributed by atoms with Gasteiger partial charge >= 0.3 is 0 Å². The van der Waals surface area contributed by atoms with Crippen molar-refractivity contribution in [2.75, 3.05) is 7.05 Å². The molecule has 86 valence electrons. The summed E-state index contributed by atoms with van der Waals surface area (Å²) in [6, 6.07) is 9.19. The second kappa shape index (κ2) is 4.60. The molecule has 1 heterocycles. The van der Waals surface area contributed by atoms with Crippen LogP contribution in [0.5, 0.6) is 0 Å². The fraction of sp³-hybridized carbons (Fsp3) is 0.385. The van der Waals surface area contributed by atoms with Gasteiger partial charge in [-0.3, -0.25) is 0 Å². The maximum atomic E-state index is 3.53. The van der Waals surface area contributed by atoms with Crippen molar-refractivity contribution >= 4 is 26.8 Å². The minimum absolute atomic E-state index is 0.482. The maximum Gasteiger partial charge on any atom is 0.0496 e. The molecule has 1 aromatic carbocycles. The number of benzene rings is 1. The Morgan fingerprint density at radius 2 is 2.06 bits per heavy atom. The number of hydrogen-bond acceptors (Lipinski definition) is 1. The van der Waals surface area contributed by atoms with Crippen molar-refractivity contribution in [1.82, 2.24) is 9.88 Å². The van der Waals surface area contributed by atoms with Gasteiger partial charge in [0.05, 0.1) is 0 Å². The van der Waals surface area contributed by atoms with Crippen LogP contribution in [-0.2, 0) is 6.54 Å². The normalized spacial score (nSPS) is 11.6. The van der Waals surface area contributed by atoms with Gasteiger partial charge in [-0.25, -0.2) is 0 Å². The van der Waals surface area contributed by atoms with Crippen LogP contribution in [0.25, 0.3) is 10.9 Å². The largest absolute Gasteiger partial charge is 0.341 e. The molecule has 2 aromatic rings. The summed E-state index contributed by atoms with van der Waals surface area (Å²) in [5.74, 6) is 0. The molecule has 0 saturated heterocycles. The molecule has 16 heavy (non-hydrogen) atoms. The van der Waals surface area contributed by atoms with E-state index in [0.717, 1.165) is 11.0 Å². The van der Waals surface area contributed by atoms with Crippen LogP contribution in [0.15, 0.2) is 28.7 Å². The van der Waals surface area contributed by atoms with E-state index < -0.39 is 0 Å². The fourth-order valence-electron chi connectivity index (χ4n) is 2.18. The van der Waals surface area contributed by atoms with Crippen molar-refractivity contribution in [3.63, 3.8) is 0 Å². The highest BCUT2D eigenvalue weighted by molar-refractivity contribution is 9.10. The summed E-state index contributed by atoms with van der Waals surface area (Å²) >= 11 is 3.53. The number of aromatic nitrogens is 1. The summed E-state index contributed by atoms with van der Waals surface area (Å²) in [5, 5.41) is 4.53. The summed E-state index contributed by atoms with van der Waals surface area (Å²) in [4.78, 5) is 0. The number of fused-ring (bicyclic) bond motifs is 1. The van der Waals surface area contributed by atoms with E-state index in [-0.39, 0.29) is 0 Å². The standard InChI is InChI=1S/C13H17BrN2/c1-9(2)16-12(8-15-3)6-10-4-5-11(14)7-13(10)16/h4-7,9,15H,8H2,1-3H3. The minimum Gasteiger partial charge on any atom is -0.341 e. The molecular formula is C13H17BrN2. The SMILES string of the molecule is CNCc1cc2ccc(Br)cc2n1C(C)C. The van der Waals surface area contributed by atoms with E-state index >= 15 is 0 Å². The van der Waals surface area contributed by atoms with Crippen LogP contribution in [0.4, 0.5) is 0 Å². The Kier molecular flexibility index (Phi) is 3.36. The van der Waals surface area contributed by atoms with Crippen molar-refractivity contribution in [3.05, 3.63) is 34.4 Å². The number of rotatable bonds is 3. The van der Waals surface area contributed by atoms with Crippen LogP contribution in [0.2, 0.25) is 0 Å². The Hall–Kier alpha value is -0.800. The van der Waals surface area contributed by atoms with E-state index in [9.17, 15) is 0 Å². The van der Waals surface area contributed by atoms with Crippen LogP contribution >= 0.6 is 15.9 Å². The zero-order chi connectivity index (χ0) is 11.7. The zero-order valence-electron chi connectivity index (χ0n) is 9.92. The topological polar surface area (TPSA) is 17.0 Å². The molecule has 0 spiro atoms. The van der Waals surface area contributed by atoms with Crippen molar-refractivity contribution in [3.8, 4) is 0 Å². The fourth-order valence-corrected chi connectivity index (χ4v) is 2.53. The smallest absolute Gasteiger partial charge is 0.0496 e. The lowest BCUT2D eigenvalue weighted by Gasteiger charge is -2.14. The van der Waals surface area contributed by atoms with E-state index in [1.54, 1.807) is 0 Å². The molecule has 0 aliphatic heterocycles. The summed E-state index contributed by atoms with van der Waals surface area (Å²) in [6.45, 7) is 5.35. The van der Waals surface area contributed by atoms with Gasteiger partial charge in [-0.1, -0.05) is 22.0 Å². The average molecular weight is 281 g/mol. The zero-order valence-corrected chi connectivity index (χ0v) is 11.5. The predicted molar refractivity (Wildman–Crippen MR) is 72.8 cm³/mol. The van der Waals surface area contributed by atoms with Gasteiger partial charge in [-0.05, 0) is 44.5 Å². The second-order valence-electron chi connectivity index (χ2n) is 4.33. The van der Waals surface area contributed by atoms with Crippen LogP contribution in [-0.4, -0.2) is 11.6 Å². The Morgan fingerprint density at radius 3 is 2.69 bits per heavy atom. The van der Waals surface area contributed by atoms with Crippen LogP contribution in [0.3, 0.4) is 0 Å². The predicted octanol–water partition coefficient (Wildman–Crippen LogP) is 3.70. The van der Waals surface area contributed by atoms with E-state index in [1.807, 2.05) is 7.05 Å². The quantitative estimate of drug-likeness (QED) is 0.907. The summed E-state index contributed by atoms with van der Waals surface area (Å²) in [6.07, 6.45) is 0. The van der Waals surface area contributed by atoms with Gasteiger partial charge in [-0.2, -0.15) is 0 Å². The highest BCUT2D eigenvalue weighted by atomic mass is 79.9. The molecule has 2 nitrogen and oxygen atoms in total. The van der Waals surface area contributed by atoms with Gasteiger partial charge in [0.25, 0.3) is 0 Å². The first-order valence-electron chi connectivity index (χ1n) is 5.57. The molecule has 0 fully saturated rings. The van der Waals surface area contributed by atoms with E-state index in [0.29, 0.717) is 6.04 Å². The molecule has 0 saturated carbocycles. The lowest BCUT2D eigenvalue weighted by Crippen LogP contribution is -2.12. The van der Waals surface area contributed by atoms with E-state index in [4.69, 9.17) is 0 Å². The average Bonchev–Trinajstić information content (AvgIpc) is 2.55. The van der Waals surface area contributed by atoms with Crippen LogP contribution < -0.4 is 5.32 Å². The Bertz CT molecular complexity index is 500. The Morgan fingerprint density at radius 1 is 1.31 bits per heavy atom. The monoisotopic (exact) mass is 280 g/mol. The molecule has 1 aromatic heterocycles. The minimum atomic E-state index is 0.482. The molecular weight excluding hydrogens is 264 g/mol. The molecule has 0 aliphatic carbocycles. The highest BCUT2D eigenvalue weighted by Crippen LogP contribution is 2.26. The summed E-state index contributed by atoms with van der Waals surface area (Å²) in [5.41, 5.74) is 2.64. The molecule has 0 amide bonds. The van der Waals surface area contributed by atoms with E-state index in [2.05, 4.69) is 63.9 Å². The molecule has 0 unspecified atom stereocenters. The number of halogens is 1. The van der Waals surface area contributed by atoms with Crippen LogP contribution in [0, 0.1) is 0 Å². The third-order valence-electron chi connectivity index (χ3n) is 2.76. The lowest BCUT2D eigenvalue weighted by atomic mass is 10.2. The van der Waals surface area contributed by atoms with E-state index in [1.165, 1.54) is 16.6 Å². The lowest BCUT2D eigenvalue weighted by molar-refractivity contribution is 0.581. The second-order valence-corrected chi connectivity index (χ2v) is 5.25. The van der Waals surface area contributed by atoms with Crippen LogP contribution in [0.1, 0.15) is 25.6 Å². The van der Waals surface area contributed by atoms with Gasteiger partial charge < -0.3 is 9.88 Å². The summed E-state index contributed by atoms with van der Waals surface area (Å²) < 4.78 is 3.52. The van der Waals surface area contributed by atoms with Gasteiger partial charge in [0.15, 0.2) is 0 Å².